The fraction of sp³-hybridized carbons (Fsp3) is 0.250. The predicted octanol–water partition coefficient (Wildman–Crippen LogP) is 4.55. The van der Waals surface area contributed by atoms with Gasteiger partial charge in [0, 0.05) is 18.2 Å². The van der Waals surface area contributed by atoms with Crippen molar-refractivity contribution < 1.29 is 14.3 Å². The summed E-state index contributed by atoms with van der Waals surface area (Å²) in [5.74, 6) is -0.299. The lowest BCUT2D eigenvalue weighted by atomic mass is 9.90. The van der Waals surface area contributed by atoms with Crippen LogP contribution in [-0.4, -0.2) is 51.6 Å². The second-order valence-electron chi connectivity index (χ2n) is 8.75. The van der Waals surface area contributed by atoms with Crippen molar-refractivity contribution in [2.24, 2.45) is 0 Å². The summed E-state index contributed by atoms with van der Waals surface area (Å²) >= 11 is 7.07. The van der Waals surface area contributed by atoms with Crippen LogP contribution in [0.5, 0.6) is 5.75 Å². The summed E-state index contributed by atoms with van der Waals surface area (Å²) in [6, 6.07) is 5.69. The van der Waals surface area contributed by atoms with Gasteiger partial charge < -0.3 is 15.0 Å². The van der Waals surface area contributed by atoms with Crippen LogP contribution in [-0.2, 0) is 0 Å². The number of hydrogen-bond donors (Lipinski definition) is 2. The molecular weight excluding hydrogens is 519 g/mol. The van der Waals surface area contributed by atoms with Gasteiger partial charge in [0.25, 0.3) is 5.91 Å². The van der Waals surface area contributed by atoms with Gasteiger partial charge in [-0.1, -0.05) is 29.0 Å². The van der Waals surface area contributed by atoms with Gasteiger partial charge in [-0.3, -0.25) is 4.79 Å². The second-order valence-corrected chi connectivity index (χ2v) is 10.4. The number of amides is 1. The summed E-state index contributed by atoms with van der Waals surface area (Å²) in [5, 5.41) is 22.3. The van der Waals surface area contributed by atoms with E-state index in [0.717, 1.165) is 30.6 Å². The number of nitrogens with zero attached hydrogens (tertiary/aromatic N) is 7. The number of aromatic hydroxyl groups is 1. The first-order chi connectivity index (χ1) is 18.0. The van der Waals surface area contributed by atoms with Crippen molar-refractivity contribution in [3.63, 3.8) is 0 Å². The summed E-state index contributed by atoms with van der Waals surface area (Å²) in [7, 11) is 0. The van der Waals surface area contributed by atoms with Gasteiger partial charge in [0.1, 0.15) is 27.2 Å². The van der Waals surface area contributed by atoms with Gasteiger partial charge in [-0.05, 0) is 37.8 Å². The average molecular weight is 539 g/mol. The van der Waals surface area contributed by atoms with Crippen LogP contribution in [0.2, 0.25) is 4.34 Å². The van der Waals surface area contributed by atoms with Crippen LogP contribution in [0.15, 0.2) is 49.1 Å². The van der Waals surface area contributed by atoms with Crippen LogP contribution >= 0.6 is 22.9 Å². The van der Waals surface area contributed by atoms with E-state index < -0.39 is 5.82 Å². The molecule has 0 aliphatic heterocycles. The number of rotatable bonds is 5. The van der Waals surface area contributed by atoms with E-state index in [9.17, 15) is 9.90 Å². The first-order valence-electron chi connectivity index (χ1n) is 11.6. The third-order valence-electron chi connectivity index (χ3n) is 6.42. The highest BCUT2D eigenvalue weighted by Gasteiger charge is 2.30. The predicted molar refractivity (Wildman–Crippen MR) is 135 cm³/mol. The highest BCUT2D eigenvalue weighted by Crippen LogP contribution is 2.39. The van der Waals surface area contributed by atoms with Crippen LogP contribution in [0.4, 0.5) is 4.39 Å². The summed E-state index contributed by atoms with van der Waals surface area (Å²) in [4.78, 5) is 27.3. The molecule has 2 atom stereocenters. The number of imidazole rings is 1. The number of fused-ring (bicyclic) bond motifs is 1. The third-order valence-corrected chi connectivity index (χ3v) is 7.53. The number of aromatic nitrogens is 7. The van der Waals surface area contributed by atoms with Crippen molar-refractivity contribution in [1.82, 2.24) is 39.8 Å². The lowest BCUT2D eigenvalue weighted by molar-refractivity contribution is 0.0920. The zero-order chi connectivity index (χ0) is 25.5. The molecule has 5 aromatic rings. The van der Waals surface area contributed by atoms with Crippen LogP contribution in [0, 0.1) is 5.82 Å². The molecule has 4 heterocycles. The molecule has 1 aromatic carbocycles. The Bertz CT molecular complexity index is 1580. The topological polar surface area (TPSA) is 124 Å². The lowest BCUT2D eigenvalue weighted by Crippen LogP contribution is -2.39. The summed E-state index contributed by atoms with van der Waals surface area (Å²) in [6.45, 7) is 0. The standard InChI is InChI=1S/C24H20ClFN8O2S/c25-19-12-28-24(37-19)23(36)31-13-3-1-4-14(9-13)33-17-10-20(34-29-7-8-30-34)27-11-16(17)32-22(33)21-15(26)5-2-6-18(21)35/h2,5-8,10-14,35H,1,3-4,9H2,(H,31,36)/t13-,14+/m0/s1. The first kappa shape index (κ1) is 23.5. The van der Waals surface area contributed by atoms with E-state index in [2.05, 4.69) is 30.5 Å². The molecule has 1 amide bonds. The van der Waals surface area contributed by atoms with Gasteiger partial charge in [0.2, 0.25) is 0 Å². The fourth-order valence-corrected chi connectivity index (χ4v) is 5.66. The summed E-state index contributed by atoms with van der Waals surface area (Å²) in [5.41, 5.74) is 1.25. The maximum absolute atomic E-state index is 15.0. The van der Waals surface area contributed by atoms with Crippen molar-refractivity contribution in [1.29, 1.82) is 0 Å². The Morgan fingerprint density at radius 2 is 2.03 bits per heavy atom. The van der Waals surface area contributed by atoms with Gasteiger partial charge >= 0.3 is 0 Å². The van der Waals surface area contributed by atoms with Crippen LogP contribution < -0.4 is 5.32 Å². The van der Waals surface area contributed by atoms with Gasteiger partial charge in [-0.2, -0.15) is 10.2 Å². The summed E-state index contributed by atoms with van der Waals surface area (Å²) in [6.07, 6.45) is 9.12. The minimum absolute atomic E-state index is 0.0149. The zero-order valence-electron chi connectivity index (χ0n) is 19.3. The monoisotopic (exact) mass is 538 g/mol. The molecule has 2 N–H and O–H groups in total. The molecule has 1 fully saturated rings. The molecule has 0 radical (unpaired) electrons. The van der Waals surface area contributed by atoms with Gasteiger partial charge in [0.15, 0.2) is 10.8 Å². The number of thiazole rings is 1. The molecule has 1 aliphatic rings. The van der Waals surface area contributed by atoms with E-state index in [4.69, 9.17) is 11.6 Å². The number of pyridine rings is 1. The van der Waals surface area contributed by atoms with Crippen molar-refractivity contribution in [3.8, 4) is 23.0 Å². The number of carbonyl (C=O) groups is 1. The SMILES string of the molecule is O=C(N[C@H]1CCC[C@@H](n2c(-c3c(O)cccc3F)nc3cnc(-n4nccn4)cc32)C1)c1ncc(Cl)s1. The molecule has 0 spiro atoms. The van der Waals surface area contributed by atoms with Crippen molar-refractivity contribution >= 4 is 39.9 Å². The normalized spacial score (nSPS) is 17.8. The van der Waals surface area contributed by atoms with Crippen molar-refractivity contribution in [2.75, 3.05) is 0 Å². The molecular formula is C24H20ClFN8O2S. The van der Waals surface area contributed by atoms with Gasteiger partial charge in [-0.15, -0.1) is 4.80 Å². The Morgan fingerprint density at radius 1 is 1.19 bits per heavy atom. The number of phenols is 1. The summed E-state index contributed by atoms with van der Waals surface area (Å²) < 4.78 is 17.4. The van der Waals surface area contributed by atoms with Gasteiger partial charge in [-0.25, -0.2) is 19.3 Å². The highest BCUT2D eigenvalue weighted by atomic mass is 35.5. The average Bonchev–Trinajstić information content (AvgIpc) is 3.64. The van der Waals surface area contributed by atoms with E-state index in [1.54, 1.807) is 24.7 Å². The Morgan fingerprint density at radius 3 is 2.78 bits per heavy atom. The number of halogens is 2. The number of hydrogen-bond acceptors (Lipinski definition) is 8. The zero-order valence-corrected chi connectivity index (χ0v) is 20.8. The molecule has 0 unspecified atom stereocenters. The second kappa shape index (κ2) is 9.52. The van der Waals surface area contributed by atoms with E-state index >= 15 is 4.39 Å². The molecule has 6 rings (SSSR count). The van der Waals surface area contributed by atoms with Crippen LogP contribution in [0.1, 0.15) is 41.5 Å². The Balaban J connectivity index is 1.42. The maximum Gasteiger partial charge on any atom is 0.280 e. The van der Waals surface area contributed by atoms with E-state index in [1.165, 1.54) is 29.2 Å². The molecule has 0 saturated heterocycles. The molecule has 13 heteroatoms. The molecule has 1 aliphatic carbocycles. The quantitative estimate of drug-likeness (QED) is 0.336. The van der Waals surface area contributed by atoms with Crippen molar-refractivity contribution in [2.45, 2.75) is 37.8 Å². The third kappa shape index (κ3) is 4.42. The van der Waals surface area contributed by atoms with E-state index in [-0.39, 0.29) is 29.3 Å². The van der Waals surface area contributed by atoms with Gasteiger partial charge in [0.05, 0.1) is 35.9 Å². The Labute approximate surface area is 218 Å². The first-order valence-corrected chi connectivity index (χ1v) is 12.8. The molecule has 37 heavy (non-hydrogen) atoms. The van der Waals surface area contributed by atoms with Crippen LogP contribution in [0.25, 0.3) is 28.2 Å². The minimum atomic E-state index is -0.584. The lowest BCUT2D eigenvalue weighted by Gasteiger charge is -2.32. The molecule has 188 valence electrons. The highest BCUT2D eigenvalue weighted by molar-refractivity contribution is 7.17. The van der Waals surface area contributed by atoms with E-state index in [1.807, 2.05) is 4.57 Å². The van der Waals surface area contributed by atoms with E-state index in [0.29, 0.717) is 38.4 Å². The number of carbonyl (C=O) groups excluding carboxylic acids is 1. The molecule has 1 saturated carbocycles. The molecule has 0 bridgehead atoms. The smallest absolute Gasteiger partial charge is 0.280 e. The van der Waals surface area contributed by atoms with Crippen LogP contribution in [0.3, 0.4) is 0 Å². The fourth-order valence-electron chi connectivity index (χ4n) is 4.85. The Hall–Kier alpha value is -3.90. The largest absolute Gasteiger partial charge is 0.507 e. The van der Waals surface area contributed by atoms with Crippen molar-refractivity contribution in [3.05, 3.63) is 64.2 Å². The molecule has 10 nitrogen and oxygen atoms in total. The molecule has 4 aromatic heterocycles. The Kier molecular flexibility index (Phi) is 6.05. The number of benzene rings is 1. The number of phenolic OH excluding ortho intramolecular Hbond substituents is 1. The maximum atomic E-state index is 15.0. The minimum Gasteiger partial charge on any atom is -0.507 e. The number of nitrogens with one attached hydrogen (secondary N) is 1.